The van der Waals surface area contributed by atoms with Crippen LogP contribution < -0.4 is 5.73 Å². The third-order valence-electron chi connectivity index (χ3n) is 0.288. The van der Waals surface area contributed by atoms with Crippen molar-refractivity contribution in [1.82, 2.24) is 0 Å². The molecule has 5 N–H and O–H groups in total. The van der Waals surface area contributed by atoms with Gasteiger partial charge in [-0.1, -0.05) is 0 Å². The molecule has 0 saturated carbocycles. The van der Waals surface area contributed by atoms with Crippen molar-refractivity contribution in [2.75, 3.05) is 6.61 Å². The van der Waals surface area contributed by atoms with Crippen LogP contribution in [0.4, 0.5) is 0 Å². The van der Waals surface area contributed by atoms with Crippen molar-refractivity contribution < 1.29 is 31.6 Å². The zero-order valence-electron chi connectivity index (χ0n) is 4.13. The summed E-state index contributed by atoms with van der Waals surface area (Å²) in [5.74, 6) is 0. The Labute approximate surface area is 57.5 Å². The summed E-state index contributed by atoms with van der Waals surface area (Å²) in [6, 6.07) is -0.0602. The number of rotatable bonds is 1. The van der Waals surface area contributed by atoms with E-state index >= 15 is 0 Å². The maximum absolute atomic E-state index is 8.02. The number of nitrogens with two attached hydrogens (primary N) is 1. The van der Waals surface area contributed by atoms with Gasteiger partial charge in [0.2, 0.25) is 0 Å². The predicted molar refractivity (Wildman–Crippen MR) is 24.3 cm³/mol. The minimum atomic E-state index is -0.0602. The van der Waals surface area contributed by atoms with E-state index in [2.05, 4.69) is 0 Å². The Kier molecular flexibility index (Phi) is 21.8. The SMILES string of the molecule is CC(N)CO.O.[Pt]. The molecule has 4 heteroatoms. The predicted octanol–water partition coefficient (Wildman–Crippen LogP) is -1.50. The second kappa shape index (κ2) is 9.76. The average Bonchev–Trinajstić information content (AvgIpc) is 1.38. The van der Waals surface area contributed by atoms with Crippen molar-refractivity contribution in [3.63, 3.8) is 0 Å². The Hall–Kier alpha value is 0.568. The van der Waals surface area contributed by atoms with Crippen LogP contribution in [0.25, 0.3) is 0 Å². The standard InChI is InChI=1S/C3H9NO.H2O.Pt/c1-3(4)2-5;;/h3,5H,2,4H2,1H3;1H2;. The third kappa shape index (κ3) is 20.8. The molecule has 0 saturated heterocycles. The van der Waals surface area contributed by atoms with Crippen molar-refractivity contribution in [2.24, 2.45) is 5.73 Å². The van der Waals surface area contributed by atoms with Crippen molar-refractivity contribution in [3.8, 4) is 0 Å². The van der Waals surface area contributed by atoms with Crippen LogP contribution in [0.3, 0.4) is 0 Å². The minimum absolute atomic E-state index is 0. The fourth-order valence-corrected chi connectivity index (χ4v) is 0. The zero-order chi connectivity index (χ0) is 4.28. The molecule has 7 heavy (non-hydrogen) atoms. The molecule has 0 amide bonds. The topological polar surface area (TPSA) is 77.8 Å². The summed E-state index contributed by atoms with van der Waals surface area (Å²) < 4.78 is 0. The molecule has 0 aromatic rings. The van der Waals surface area contributed by atoms with Crippen molar-refractivity contribution >= 4 is 0 Å². The largest absolute Gasteiger partial charge is 0.412 e. The molecule has 0 aromatic carbocycles. The normalized spacial score (nSPS) is 10.7. The average molecular weight is 288 g/mol. The van der Waals surface area contributed by atoms with Gasteiger partial charge in [0.1, 0.15) is 0 Å². The van der Waals surface area contributed by atoms with Crippen molar-refractivity contribution in [2.45, 2.75) is 13.0 Å². The number of hydrogen-bond donors (Lipinski definition) is 2. The van der Waals surface area contributed by atoms with Crippen molar-refractivity contribution in [3.05, 3.63) is 0 Å². The Balaban J connectivity index is -0.0000000800. The second-order valence-electron chi connectivity index (χ2n) is 1.16. The molecule has 1 unspecified atom stereocenters. The van der Waals surface area contributed by atoms with Gasteiger partial charge in [-0.05, 0) is 6.92 Å². The van der Waals surface area contributed by atoms with Crippen LogP contribution in [0.15, 0.2) is 0 Å². The molecule has 50 valence electrons. The molecule has 0 rings (SSSR count). The van der Waals surface area contributed by atoms with E-state index in [4.69, 9.17) is 10.8 Å². The Morgan fingerprint density at radius 1 is 1.71 bits per heavy atom. The zero-order valence-corrected chi connectivity index (χ0v) is 6.40. The van der Waals surface area contributed by atoms with E-state index in [1.165, 1.54) is 0 Å². The van der Waals surface area contributed by atoms with E-state index in [0.29, 0.717) is 0 Å². The van der Waals surface area contributed by atoms with E-state index in [9.17, 15) is 0 Å². The molecule has 0 fully saturated rings. The number of aliphatic hydroxyl groups is 1. The molecule has 1 atom stereocenters. The molecule has 0 aliphatic heterocycles. The molecule has 0 aromatic heterocycles. The van der Waals surface area contributed by atoms with Crippen LogP contribution in [0.1, 0.15) is 6.92 Å². The summed E-state index contributed by atoms with van der Waals surface area (Å²) in [6.07, 6.45) is 0. The molecule has 0 bridgehead atoms. The summed E-state index contributed by atoms with van der Waals surface area (Å²) >= 11 is 0. The smallest absolute Gasteiger partial charge is 0.0579 e. The molecule has 0 radical (unpaired) electrons. The van der Waals surface area contributed by atoms with Gasteiger partial charge in [-0.15, -0.1) is 0 Å². The van der Waals surface area contributed by atoms with Gasteiger partial charge in [-0.3, -0.25) is 0 Å². The first kappa shape index (κ1) is 15.6. The summed E-state index contributed by atoms with van der Waals surface area (Å²) in [4.78, 5) is 0. The van der Waals surface area contributed by atoms with Crippen LogP contribution in [0.2, 0.25) is 0 Å². The van der Waals surface area contributed by atoms with Gasteiger partial charge in [0.25, 0.3) is 0 Å². The van der Waals surface area contributed by atoms with Gasteiger partial charge in [0.05, 0.1) is 6.61 Å². The molecule has 3 nitrogen and oxygen atoms in total. The second-order valence-corrected chi connectivity index (χ2v) is 1.16. The van der Waals surface area contributed by atoms with Gasteiger partial charge < -0.3 is 16.3 Å². The number of aliphatic hydroxyl groups excluding tert-OH is 1. The first-order valence-corrected chi connectivity index (χ1v) is 1.64. The van der Waals surface area contributed by atoms with Crippen LogP contribution in [0, 0.1) is 0 Å². The minimum Gasteiger partial charge on any atom is -0.412 e. The monoisotopic (exact) mass is 288 g/mol. The van der Waals surface area contributed by atoms with Crippen molar-refractivity contribution in [1.29, 1.82) is 0 Å². The molecule has 0 spiro atoms. The summed E-state index contributed by atoms with van der Waals surface area (Å²) in [6.45, 7) is 1.83. The third-order valence-corrected chi connectivity index (χ3v) is 0.288. The molecule has 0 aliphatic carbocycles. The van der Waals surface area contributed by atoms with Crippen LogP contribution in [0.5, 0.6) is 0 Å². The maximum atomic E-state index is 8.02. The van der Waals surface area contributed by atoms with E-state index in [0.717, 1.165) is 0 Å². The number of hydrogen-bond acceptors (Lipinski definition) is 2. The molecular weight excluding hydrogens is 277 g/mol. The molecule has 0 heterocycles. The molecular formula is C3H11NO2Pt. The van der Waals surface area contributed by atoms with E-state index in [1.807, 2.05) is 0 Å². The fourth-order valence-electron chi connectivity index (χ4n) is 0. The first-order chi connectivity index (χ1) is 2.27. The quantitative estimate of drug-likeness (QED) is 0.616. The summed E-state index contributed by atoms with van der Waals surface area (Å²) in [5, 5.41) is 8.02. The van der Waals surface area contributed by atoms with Gasteiger partial charge in [0.15, 0.2) is 0 Å². The van der Waals surface area contributed by atoms with Crippen LogP contribution in [-0.2, 0) is 21.1 Å². The summed E-state index contributed by atoms with van der Waals surface area (Å²) in [5.41, 5.74) is 5.04. The summed E-state index contributed by atoms with van der Waals surface area (Å²) in [7, 11) is 0. The van der Waals surface area contributed by atoms with Crippen LogP contribution >= 0.6 is 0 Å². The van der Waals surface area contributed by atoms with Gasteiger partial charge in [0, 0.05) is 27.1 Å². The Morgan fingerprint density at radius 2 is 1.86 bits per heavy atom. The van der Waals surface area contributed by atoms with E-state index < -0.39 is 0 Å². The van der Waals surface area contributed by atoms with Gasteiger partial charge in [-0.25, -0.2) is 0 Å². The Bertz CT molecular complexity index is 26.9. The Morgan fingerprint density at radius 3 is 1.86 bits per heavy atom. The van der Waals surface area contributed by atoms with Crippen LogP contribution in [-0.4, -0.2) is 23.2 Å². The molecule has 0 aliphatic rings. The maximum Gasteiger partial charge on any atom is 0.0579 e. The van der Waals surface area contributed by atoms with Gasteiger partial charge in [-0.2, -0.15) is 0 Å². The van der Waals surface area contributed by atoms with E-state index in [-0.39, 0.29) is 39.2 Å². The fraction of sp³-hybridized carbons (Fsp3) is 1.00. The van der Waals surface area contributed by atoms with E-state index in [1.54, 1.807) is 6.92 Å². The first-order valence-electron chi connectivity index (χ1n) is 1.64. The van der Waals surface area contributed by atoms with Gasteiger partial charge >= 0.3 is 0 Å².